The molecule has 8 atom stereocenters. The Bertz CT molecular complexity index is 2020. The molecule has 4 rings (SSSR count). The Morgan fingerprint density at radius 2 is 1.12 bits per heavy atom. The molecule has 3 saturated heterocycles. The van der Waals surface area contributed by atoms with Gasteiger partial charge >= 0.3 is 17.9 Å². The van der Waals surface area contributed by atoms with E-state index in [1.807, 2.05) is 32.0 Å². The van der Waals surface area contributed by atoms with Crippen molar-refractivity contribution in [2.24, 2.45) is 17.4 Å². The lowest BCUT2D eigenvalue weighted by Crippen LogP contribution is -2.60. The van der Waals surface area contributed by atoms with Gasteiger partial charge in [0, 0.05) is 32.5 Å². The summed E-state index contributed by atoms with van der Waals surface area (Å²) in [7, 11) is 0. The van der Waals surface area contributed by atoms with Crippen LogP contribution in [0.2, 0.25) is 0 Å². The van der Waals surface area contributed by atoms with Crippen LogP contribution in [0.4, 0.5) is 0 Å². The summed E-state index contributed by atoms with van der Waals surface area (Å²) in [6.45, 7) is 3.97. The number of carboxylic acids is 3. The van der Waals surface area contributed by atoms with Crippen LogP contribution < -0.4 is 32.7 Å². The Balaban J connectivity index is 1.50. The fourth-order valence-electron chi connectivity index (χ4n) is 8.69. The van der Waals surface area contributed by atoms with Crippen LogP contribution in [0.15, 0.2) is 30.3 Å². The van der Waals surface area contributed by atoms with Crippen LogP contribution >= 0.6 is 0 Å². The molecule has 0 unspecified atom stereocenters. The molecule has 11 N–H and O–H groups in total. The van der Waals surface area contributed by atoms with E-state index >= 15 is 0 Å². The number of rotatable bonds is 24. The number of hydrogen-bond donors (Lipinski definition) is 9. The molecule has 67 heavy (non-hydrogen) atoms. The Labute approximate surface area is 387 Å². The third kappa shape index (κ3) is 15.2. The lowest BCUT2D eigenvalue weighted by atomic mass is 10.0. The van der Waals surface area contributed by atoms with Crippen molar-refractivity contribution in [3.8, 4) is 0 Å². The average molecular weight is 942 g/mol. The number of carboxylic acid groups (broad SMARTS) is 3. The van der Waals surface area contributed by atoms with E-state index < -0.39 is 146 Å². The van der Waals surface area contributed by atoms with Gasteiger partial charge < -0.3 is 62.8 Å². The van der Waals surface area contributed by atoms with Crippen molar-refractivity contribution in [2.75, 3.05) is 19.6 Å². The van der Waals surface area contributed by atoms with Crippen LogP contribution in [0.1, 0.15) is 96.5 Å². The lowest BCUT2D eigenvalue weighted by molar-refractivity contribution is -0.152. The van der Waals surface area contributed by atoms with Gasteiger partial charge in [0.05, 0.1) is 12.5 Å². The van der Waals surface area contributed by atoms with Crippen molar-refractivity contribution < 1.29 is 68.1 Å². The summed E-state index contributed by atoms with van der Waals surface area (Å²) in [5.74, 6) is -10.9. The standard InChI is InChI=1S/C44H63N9O14/c1-24(2)21-30(50-37(59)26(45)22-25-9-4-3-5-10-25)42(64)51-18-6-11-31(51)40(62)47-27(14-16-35(55)56)38(60)49-29(23-34(46)54)39(61)48-28(15-17-36(57)58)41(63)52-19-7-12-32(52)43(65)53-20-8-13-33(53)44(66)67/h3-5,9-10,24,26-33H,6-8,11-23,45H2,1-2H3,(H2,46,54)(H,47,62)(H,48,61)(H,49,60)(H,50,59)(H,55,56)(H,57,58)(H,66,67)/t26-,27+,28+,29+,30-,31+,32+,33+/m1/s1. The van der Waals surface area contributed by atoms with Crippen molar-refractivity contribution in [1.29, 1.82) is 0 Å². The highest BCUT2D eigenvalue weighted by Crippen LogP contribution is 2.26. The van der Waals surface area contributed by atoms with Crippen LogP contribution in [-0.2, 0) is 59.2 Å². The topological polar surface area (TPSA) is 358 Å². The van der Waals surface area contributed by atoms with E-state index in [-0.39, 0.29) is 57.7 Å². The summed E-state index contributed by atoms with van der Waals surface area (Å²) < 4.78 is 0. The van der Waals surface area contributed by atoms with Gasteiger partial charge in [-0.25, -0.2) is 4.79 Å². The molecule has 8 amide bonds. The smallest absolute Gasteiger partial charge is 0.326 e. The maximum Gasteiger partial charge on any atom is 0.326 e. The summed E-state index contributed by atoms with van der Waals surface area (Å²) in [5.41, 5.74) is 12.4. The number of hydrogen-bond acceptors (Lipinski definition) is 12. The summed E-state index contributed by atoms with van der Waals surface area (Å²) in [6, 6.07) is -1.49. The number of aliphatic carboxylic acids is 3. The number of benzene rings is 1. The zero-order valence-corrected chi connectivity index (χ0v) is 37.7. The van der Waals surface area contributed by atoms with E-state index in [1.165, 1.54) is 9.80 Å². The van der Waals surface area contributed by atoms with Crippen LogP contribution in [0, 0.1) is 5.92 Å². The van der Waals surface area contributed by atoms with Gasteiger partial charge in [0.15, 0.2) is 0 Å². The summed E-state index contributed by atoms with van der Waals surface area (Å²) in [6.07, 6.45) is -1.12. The highest BCUT2D eigenvalue weighted by Gasteiger charge is 2.45. The molecule has 3 aliphatic heterocycles. The van der Waals surface area contributed by atoms with Gasteiger partial charge in [-0.15, -0.1) is 0 Å². The van der Waals surface area contributed by atoms with Gasteiger partial charge in [0.1, 0.15) is 42.3 Å². The molecule has 0 bridgehead atoms. The summed E-state index contributed by atoms with van der Waals surface area (Å²) in [4.78, 5) is 148. The second-order valence-electron chi connectivity index (χ2n) is 17.6. The zero-order chi connectivity index (χ0) is 49.5. The summed E-state index contributed by atoms with van der Waals surface area (Å²) >= 11 is 0. The number of amides is 8. The molecule has 0 aliphatic carbocycles. The predicted molar refractivity (Wildman–Crippen MR) is 235 cm³/mol. The van der Waals surface area contributed by atoms with Gasteiger partial charge in [0.25, 0.3) is 0 Å². The number of nitrogens with zero attached hydrogens (tertiary/aromatic N) is 3. The van der Waals surface area contributed by atoms with Crippen molar-refractivity contribution in [1.82, 2.24) is 36.0 Å². The lowest BCUT2D eigenvalue weighted by Gasteiger charge is -2.33. The SMILES string of the molecule is CC(C)C[C@@H](NC(=O)[C@H](N)Cc1ccccc1)C(=O)N1CCC[C@H]1C(=O)N[C@@H](CCC(=O)O)C(=O)N[C@@H](CC(N)=O)C(=O)N[C@@H](CCC(=O)O)C(=O)N1CCC[C@H]1C(=O)N1CCC[C@H]1C(=O)O. The quantitative estimate of drug-likeness (QED) is 0.0553. The fourth-order valence-corrected chi connectivity index (χ4v) is 8.69. The second-order valence-corrected chi connectivity index (χ2v) is 17.6. The van der Waals surface area contributed by atoms with E-state index in [2.05, 4.69) is 21.3 Å². The second kappa shape index (κ2) is 24.8. The monoisotopic (exact) mass is 941 g/mol. The molecule has 0 saturated carbocycles. The molecule has 0 spiro atoms. The van der Waals surface area contributed by atoms with Crippen molar-refractivity contribution in [3.63, 3.8) is 0 Å². The normalized spacial score (nSPS) is 20.2. The molecule has 3 fully saturated rings. The first kappa shape index (κ1) is 53.0. The minimum Gasteiger partial charge on any atom is -0.481 e. The Kier molecular flexibility index (Phi) is 19.6. The van der Waals surface area contributed by atoms with Gasteiger partial charge in [-0.3, -0.25) is 47.9 Å². The van der Waals surface area contributed by atoms with E-state index in [0.717, 1.165) is 10.5 Å². The Morgan fingerprint density at radius 3 is 1.69 bits per heavy atom. The van der Waals surface area contributed by atoms with E-state index in [0.29, 0.717) is 19.3 Å². The van der Waals surface area contributed by atoms with E-state index in [9.17, 15) is 68.1 Å². The highest BCUT2D eigenvalue weighted by atomic mass is 16.4. The van der Waals surface area contributed by atoms with Crippen LogP contribution in [-0.4, -0.2) is 163 Å². The van der Waals surface area contributed by atoms with Crippen LogP contribution in [0.5, 0.6) is 0 Å². The maximum atomic E-state index is 14.1. The van der Waals surface area contributed by atoms with Gasteiger partial charge in [-0.2, -0.15) is 0 Å². The minimum atomic E-state index is -1.84. The molecule has 1 aromatic carbocycles. The number of nitrogens with one attached hydrogen (secondary N) is 4. The van der Waals surface area contributed by atoms with Crippen molar-refractivity contribution in [3.05, 3.63) is 35.9 Å². The molecule has 3 aliphatic rings. The average Bonchev–Trinajstić information content (AvgIpc) is 4.07. The van der Waals surface area contributed by atoms with Crippen molar-refractivity contribution >= 4 is 65.2 Å². The number of primary amides is 1. The third-order valence-corrected chi connectivity index (χ3v) is 12.0. The van der Waals surface area contributed by atoms with E-state index in [4.69, 9.17) is 11.5 Å². The molecular formula is C44H63N9O14. The number of carbonyl (C=O) groups excluding carboxylic acids is 8. The predicted octanol–water partition coefficient (Wildman–Crippen LogP) is -1.80. The number of carbonyl (C=O) groups is 11. The largest absolute Gasteiger partial charge is 0.481 e. The third-order valence-electron chi connectivity index (χ3n) is 12.0. The number of nitrogens with two attached hydrogens (primary N) is 2. The van der Waals surface area contributed by atoms with Gasteiger partial charge in [-0.1, -0.05) is 44.2 Å². The highest BCUT2D eigenvalue weighted by molar-refractivity contribution is 5.99. The molecule has 368 valence electrons. The van der Waals surface area contributed by atoms with Crippen molar-refractivity contribution in [2.45, 2.75) is 146 Å². The first-order valence-corrected chi connectivity index (χ1v) is 22.6. The van der Waals surface area contributed by atoms with Crippen LogP contribution in [0.25, 0.3) is 0 Å². The van der Waals surface area contributed by atoms with Gasteiger partial charge in [-0.05, 0) is 75.7 Å². The molecule has 0 aromatic heterocycles. The molecule has 1 aromatic rings. The fraction of sp³-hybridized carbons (Fsp3) is 0.614. The van der Waals surface area contributed by atoms with Crippen LogP contribution in [0.3, 0.4) is 0 Å². The number of likely N-dealkylation sites (tertiary alicyclic amines) is 3. The summed E-state index contributed by atoms with van der Waals surface area (Å²) in [5, 5.41) is 38.5. The minimum absolute atomic E-state index is 0.0205. The molecular weight excluding hydrogens is 879 g/mol. The van der Waals surface area contributed by atoms with E-state index in [1.54, 1.807) is 12.1 Å². The molecule has 23 nitrogen and oxygen atoms in total. The first-order valence-electron chi connectivity index (χ1n) is 22.6. The molecule has 0 radical (unpaired) electrons. The Morgan fingerprint density at radius 1 is 0.627 bits per heavy atom. The zero-order valence-electron chi connectivity index (χ0n) is 37.7. The maximum absolute atomic E-state index is 14.1. The molecule has 23 heteroatoms. The van der Waals surface area contributed by atoms with Gasteiger partial charge in [0.2, 0.25) is 47.3 Å². The first-order chi connectivity index (χ1) is 31.7. The molecule has 3 heterocycles. The Hall–Kier alpha value is -6.65.